The molecule has 2 aromatic rings. The molecule has 1 saturated heterocycles. The lowest BCUT2D eigenvalue weighted by molar-refractivity contribution is -0.142. The van der Waals surface area contributed by atoms with Gasteiger partial charge in [-0.2, -0.15) is 0 Å². The van der Waals surface area contributed by atoms with Crippen molar-refractivity contribution >= 4 is 64.7 Å². The number of hydrogen-bond acceptors (Lipinski definition) is 7. The molecule has 0 aliphatic carbocycles. The number of nitrogens with zero attached hydrogens (tertiary/aromatic N) is 1. The predicted octanol–water partition coefficient (Wildman–Crippen LogP) is 3.98. The van der Waals surface area contributed by atoms with Crippen LogP contribution in [0.5, 0.6) is 11.5 Å². The quantitative estimate of drug-likeness (QED) is 0.253. The minimum Gasteiger partial charge on any atom is -0.496 e. The number of hydrogen-bond donors (Lipinski definition) is 3. The van der Waals surface area contributed by atoms with E-state index in [0.717, 1.165) is 4.90 Å². The minimum atomic E-state index is -1.36. The van der Waals surface area contributed by atoms with Crippen molar-refractivity contribution in [1.29, 1.82) is 0 Å². The Hall–Kier alpha value is -3.41. The molecule has 0 spiro atoms. The molecule has 1 unspecified atom stereocenters. The number of ether oxygens (including phenoxy) is 2. The largest absolute Gasteiger partial charge is 0.496 e. The molecule has 220 valence electrons. The van der Waals surface area contributed by atoms with E-state index in [0.29, 0.717) is 41.5 Å². The van der Waals surface area contributed by atoms with Crippen LogP contribution in [-0.4, -0.2) is 79.8 Å². The Morgan fingerprint density at radius 1 is 1.07 bits per heavy atom. The van der Waals surface area contributed by atoms with Gasteiger partial charge in [0.25, 0.3) is 5.91 Å². The van der Waals surface area contributed by atoms with E-state index >= 15 is 0 Å². The molecule has 0 bridgehead atoms. The van der Waals surface area contributed by atoms with Crippen molar-refractivity contribution in [2.24, 2.45) is 5.92 Å². The van der Waals surface area contributed by atoms with Gasteiger partial charge in [-0.25, -0.2) is 4.79 Å². The average Bonchev–Trinajstić information content (AvgIpc) is 2.98. The Labute approximate surface area is 252 Å². The Morgan fingerprint density at radius 2 is 1.71 bits per heavy atom. The summed E-state index contributed by atoms with van der Waals surface area (Å²) in [7, 11) is 2.80. The van der Waals surface area contributed by atoms with Crippen molar-refractivity contribution in [3.63, 3.8) is 0 Å². The molecule has 13 heteroatoms. The smallest absolute Gasteiger partial charge is 0.328 e. The Morgan fingerprint density at radius 3 is 2.27 bits per heavy atom. The van der Waals surface area contributed by atoms with Crippen molar-refractivity contribution < 1.29 is 33.8 Å². The molecule has 2 aromatic carbocycles. The van der Waals surface area contributed by atoms with E-state index in [-0.39, 0.29) is 29.5 Å². The van der Waals surface area contributed by atoms with E-state index in [4.69, 9.17) is 32.7 Å². The predicted molar refractivity (Wildman–Crippen MR) is 158 cm³/mol. The highest BCUT2D eigenvalue weighted by molar-refractivity contribution is 7.98. The van der Waals surface area contributed by atoms with Gasteiger partial charge in [-0.15, -0.1) is 11.8 Å². The number of thioether (sulfide) groups is 1. The number of carbonyl (C=O) groups excluding carboxylic acids is 3. The molecule has 1 aliphatic rings. The Bertz CT molecular complexity index is 1310. The topological polar surface area (TPSA) is 134 Å². The second kappa shape index (κ2) is 15.0. The molecule has 0 aromatic heterocycles. The summed E-state index contributed by atoms with van der Waals surface area (Å²) in [5.41, 5.74) is 0.731. The average molecular weight is 625 g/mol. The molecule has 3 N–H and O–H groups in total. The van der Waals surface area contributed by atoms with Gasteiger partial charge in [-0.1, -0.05) is 35.3 Å². The minimum absolute atomic E-state index is 0.112. The van der Waals surface area contributed by atoms with Gasteiger partial charge in [-0.3, -0.25) is 14.4 Å². The van der Waals surface area contributed by atoms with E-state index < -0.39 is 29.7 Å². The lowest BCUT2D eigenvalue weighted by Gasteiger charge is -2.31. The molecule has 1 atom stereocenters. The summed E-state index contributed by atoms with van der Waals surface area (Å²) in [6.45, 7) is 0.292. The summed E-state index contributed by atoms with van der Waals surface area (Å²) in [6.07, 6.45) is 5.62. The molecule has 41 heavy (non-hydrogen) atoms. The molecule has 3 amide bonds. The van der Waals surface area contributed by atoms with Crippen LogP contribution in [0.2, 0.25) is 10.0 Å². The van der Waals surface area contributed by atoms with Gasteiger partial charge < -0.3 is 30.1 Å². The van der Waals surface area contributed by atoms with E-state index in [9.17, 15) is 24.3 Å². The molecule has 1 heterocycles. The summed E-state index contributed by atoms with van der Waals surface area (Å²) in [4.78, 5) is 52.6. The van der Waals surface area contributed by atoms with Crippen molar-refractivity contribution in [3.8, 4) is 11.5 Å². The second-order valence-electron chi connectivity index (χ2n) is 9.06. The fraction of sp³-hybridized carbons (Fsp3) is 0.357. The number of benzene rings is 2. The van der Waals surface area contributed by atoms with E-state index in [1.807, 2.05) is 12.3 Å². The number of rotatable bonds is 11. The fourth-order valence-corrected chi connectivity index (χ4v) is 5.48. The molecule has 0 radical (unpaired) electrons. The number of likely N-dealkylation sites (tertiary alicyclic amines) is 1. The third kappa shape index (κ3) is 8.08. The van der Waals surface area contributed by atoms with Crippen LogP contribution in [-0.2, 0) is 14.4 Å². The van der Waals surface area contributed by atoms with E-state index in [2.05, 4.69) is 10.6 Å². The van der Waals surface area contributed by atoms with Crippen LogP contribution in [0.3, 0.4) is 0 Å². The van der Waals surface area contributed by atoms with Crippen molar-refractivity contribution in [1.82, 2.24) is 15.5 Å². The van der Waals surface area contributed by atoms with Crippen molar-refractivity contribution in [3.05, 3.63) is 57.6 Å². The molecule has 0 saturated carbocycles. The maximum atomic E-state index is 12.9. The third-order valence-corrected chi connectivity index (χ3v) is 8.40. The first-order valence-corrected chi connectivity index (χ1v) is 14.6. The number of halogens is 2. The standard InChI is InChI=1S/C28H31Cl2N3O7S/c1-39-19-5-4-6-20(40-2)23(19)27(36)31-15-18(28(37)38)32-26(35)17-11-13-33(14-12-17)22(34)10-8-16-7-9-21(41-3)25(30)24(16)29/h4-10,17-18H,11-15H2,1-3H3,(H,31,36)(H,32,35)(H,37,38). The van der Waals surface area contributed by atoms with E-state index in [1.54, 1.807) is 35.2 Å². The van der Waals surface area contributed by atoms with Crippen molar-refractivity contribution in [2.45, 2.75) is 23.8 Å². The van der Waals surface area contributed by atoms with Gasteiger partial charge in [0, 0.05) is 36.5 Å². The molecule has 1 fully saturated rings. The van der Waals surface area contributed by atoms with Gasteiger partial charge in [-0.05, 0) is 48.9 Å². The highest BCUT2D eigenvalue weighted by atomic mass is 35.5. The maximum Gasteiger partial charge on any atom is 0.328 e. The monoisotopic (exact) mass is 623 g/mol. The number of amides is 3. The fourth-order valence-electron chi connectivity index (χ4n) is 4.31. The first kappa shape index (κ1) is 32.1. The van der Waals surface area contributed by atoms with Gasteiger partial charge in [0.2, 0.25) is 11.8 Å². The van der Waals surface area contributed by atoms with Crippen molar-refractivity contribution in [2.75, 3.05) is 40.1 Å². The molecular formula is C28H31Cl2N3O7S. The van der Waals surface area contributed by atoms with Crippen LogP contribution in [0, 0.1) is 5.92 Å². The van der Waals surface area contributed by atoms with E-state index in [1.165, 1.54) is 32.1 Å². The summed E-state index contributed by atoms with van der Waals surface area (Å²) >= 11 is 14.1. The zero-order valence-corrected chi connectivity index (χ0v) is 25.1. The van der Waals surface area contributed by atoms with Crippen LogP contribution in [0.1, 0.15) is 28.8 Å². The lowest BCUT2D eigenvalue weighted by atomic mass is 9.95. The number of methoxy groups -OCH3 is 2. The normalized spacial score (nSPS) is 14.4. The zero-order chi connectivity index (χ0) is 30.1. The van der Waals surface area contributed by atoms with Crippen LogP contribution in [0.4, 0.5) is 0 Å². The molecule has 10 nitrogen and oxygen atoms in total. The van der Waals surface area contributed by atoms with Crippen LogP contribution >= 0.6 is 35.0 Å². The highest BCUT2D eigenvalue weighted by Gasteiger charge is 2.30. The molecular weight excluding hydrogens is 593 g/mol. The second-order valence-corrected chi connectivity index (χ2v) is 10.7. The number of aliphatic carboxylic acids is 1. The summed E-state index contributed by atoms with van der Waals surface area (Å²) in [6, 6.07) is 7.07. The van der Waals surface area contributed by atoms with Crippen LogP contribution < -0.4 is 20.1 Å². The van der Waals surface area contributed by atoms with Gasteiger partial charge in [0.1, 0.15) is 23.1 Å². The summed E-state index contributed by atoms with van der Waals surface area (Å²) in [5.74, 6) is -2.57. The van der Waals surface area contributed by atoms with Gasteiger partial charge >= 0.3 is 5.97 Å². The third-order valence-electron chi connectivity index (χ3n) is 6.62. The number of carboxylic acid groups (broad SMARTS) is 1. The molecule has 3 rings (SSSR count). The number of carbonyl (C=O) groups is 4. The highest BCUT2D eigenvalue weighted by Crippen LogP contribution is 2.35. The Balaban J connectivity index is 1.54. The zero-order valence-electron chi connectivity index (χ0n) is 22.7. The maximum absolute atomic E-state index is 12.9. The summed E-state index contributed by atoms with van der Waals surface area (Å²) in [5, 5.41) is 15.5. The lowest BCUT2D eigenvalue weighted by Crippen LogP contribution is -2.51. The number of carboxylic acids is 1. The molecule has 1 aliphatic heterocycles. The van der Waals surface area contributed by atoms with Gasteiger partial charge in [0.05, 0.1) is 24.3 Å². The first-order chi connectivity index (χ1) is 19.6. The first-order valence-electron chi connectivity index (χ1n) is 12.6. The Kier molecular flexibility index (Phi) is 11.7. The summed E-state index contributed by atoms with van der Waals surface area (Å²) < 4.78 is 10.4. The SMILES string of the molecule is COc1cccc(OC)c1C(=O)NCC(NC(=O)C1CCN(C(=O)C=Cc2ccc(SC)c(Cl)c2Cl)CC1)C(=O)O. The number of nitrogens with one attached hydrogen (secondary N) is 2. The van der Waals surface area contributed by atoms with Crippen LogP contribution in [0.25, 0.3) is 6.08 Å². The van der Waals surface area contributed by atoms with Gasteiger partial charge in [0.15, 0.2) is 0 Å². The number of piperidine rings is 1. The van der Waals surface area contributed by atoms with Crippen LogP contribution in [0.15, 0.2) is 41.3 Å².